The number of ether oxygens (including phenoxy) is 1. The van der Waals surface area contributed by atoms with Crippen LogP contribution in [0.5, 0.6) is 0 Å². The Morgan fingerprint density at radius 3 is 2.69 bits per heavy atom. The van der Waals surface area contributed by atoms with Gasteiger partial charge in [-0.25, -0.2) is 0 Å². The number of carbonyl (C=O) groups excluding carboxylic acids is 2. The molecule has 2 heterocycles. The maximum atomic E-state index is 14.1. The van der Waals surface area contributed by atoms with Crippen molar-refractivity contribution in [3.05, 3.63) is 59.7 Å². The van der Waals surface area contributed by atoms with Crippen molar-refractivity contribution >= 4 is 23.2 Å². The Balaban J connectivity index is 1.36. The van der Waals surface area contributed by atoms with Crippen molar-refractivity contribution in [1.29, 1.82) is 0 Å². The van der Waals surface area contributed by atoms with Gasteiger partial charge < -0.3 is 25.2 Å². The number of nitrogens with one attached hydrogen (secondary N) is 2. The van der Waals surface area contributed by atoms with Crippen LogP contribution in [0.25, 0.3) is 0 Å². The van der Waals surface area contributed by atoms with Gasteiger partial charge in [-0.2, -0.15) is 0 Å². The number of methoxy groups -OCH3 is 1. The van der Waals surface area contributed by atoms with Crippen molar-refractivity contribution in [2.24, 2.45) is 11.8 Å². The van der Waals surface area contributed by atoms with E-state index >= 15 is 0 Å². The van der Waals surface area contributed by atoms with Gasteiger partial charge in [0.1, 0.15) is 0 Å². The molecule has 7 nitrogen and oxygen atoms in total. The number of hydrogen-bond acceptors (Lipinski definition) is 5. The molecule has 1 saturated heterocycles. The number of likely N-dealkylation sites (tertiary alicyclic amines) is 1. The number of anilines is 2. The third kappa shape index (κ3) is 4.69. The average molecular weight is 491 g/mol. The highest BCUT2D eigenvalue weighted by atomic mass is 16.5. The lowest BCUT2D eigenvalue weighted by Gasteiger charge is -2.41. The third-order valence-corrected chi connectivity index (χ3v) is 8.24. The lowest BCUT2D eigenvalue weighted by molar-refractivity contribution is -0.139. The van der Waals surface area contributed by atoms with Gasteiger partial charge in [0.15, 0.2) is 0 Å². The number of nitrogens with zero attached hydrogens (tertiary/aromatic N) is 2. The van der Waals surface area contributed by atoms with Gasteiger partial charge in [-0.05, 0) is 49.1 Å². The summed E-state index contributed by atoms with van der Waals surface area (Å²) < 4.78 is 5.53. The maximum absolute atomic E-state index is 14.1. The number of carbonyl (C=O) groups is 2. The van der Waals surface area contributed by atoms with Gasteiger partial charge in [0.2, 0.25) is 5.91 Å². The van der Waals surface area contributed by atoms with E-state index in [1.807, 2.05) is 49.3 Å². The van der Waals surface area contributed by atoms with Crippen LogP contribution in [0, 0.1) is 11.8 Å². The summed E-state index contributed by atoms with van der Waals surface area (Å²) in [5, 5.41) is 6.89. The van der Waals surface area contributed by atoms with E-state index in [0.29, 0.717) is 18.1 Å². The first-order valence-electron chi connectivity index (χ1n) is 13.2. The molecule has 36 heavy (non-hydrogen) atoms. The highest BCUT2D eigenvalue weighted by Gasteiger charge is 2.48. The molecular weight excluding hydrogens is 452 g/mol. The topological polar surface area (TPSA) is 73.9 Å². The molecule has 2 fully saturated rings. The SMILES string of the molecule is COC[C@@H]1Nc2ccccc2[C@H]2[C@@H]1CCN2C(=O)[C@H]1CCCC[C@H]1NC(=O)c1cccc(N(C)C)c1. The molecule has 0 aromatic heterocycles. The molecule has 2 amide bonds. The van der Waals surface area contributed by atoms with E-state index in [1.54, 1.807) is 7.11 Å². The van der Waals surface area contributed by atoms with Gasteiger partial charge in [0.05, 0.1) is 24.6 Å². The summed E-state index contributed by atoms with van der Waals surface area (Å²) in [5.41, 5.74) is 3.90. The molecule has 5 rings (SSSR count). The van der Waals surface area contributed by atoms with Gasteiger partial charge in [-0.3, -0.25) is 9.59 Å². The largest absolute Gasteiger partial charge is 0.383 e. The number of hydrogen-bond donors (Lipinski definition) is 2. The predicted molar refractivity (Wildman–Crippen MR) is 142 cm³/mol. The lowest BCUT2D eigenvalue weighted by atomic mass is 9.81. The molecule has 2 aromatic rings. The zero-order chi connectivity index (χ0) is 25.2. The molecule has 2 aromatic carbocycles. The number of amides is 2. The number of fused-ring (bicyclic) bond motifs is 3. The fourth-order valence-corrected chi connectivity index (χ4v) is 6.41. The van der Waals surface area contributed by atoms with Gasteiger partial charge >= 0.3 is 0 Å². The van der Waals surface area contributed by atoms with Crippen LogP contribution < -0.4 is 15.5 Å². The Bertz CT molecular complexity index is 1100. The van der Waals surface area contributed by atoms with Crippen LogP contribution in [0.15, 0.2) is 48.5 Å². The fraction of sp³-hybridized carbons (Fsp3) is 0.517. The van der Waals surface area contributed by atoms with Crippen molar-refractivity contribution < 1.29 is 14.3 Å². The zero-order valence-electron chi connectivity index (χ0n) is 21.6. The van der Waals surface area contributed by atoms with Gasteiger partial charge in [-0.15, -0.1) is 0 Å². The molecule has 0 bridgehead atoms. The smallest absolute Gasteiger partial charge is 0.251 e. The normalized spacial score (nSPS) is 27.0. The van der Waals surface area contributed by atoms with Crippen molar-refractivity contribution in [3.63, 3.8) is 0 Å². The number of benzene rings is 2. The quantitative estimate of drug-likeness (QED) is 0.639. The Hall–Kier alpha value is -3.06. The molecule has 5 atom stereocenters. The Labute approximate surface area is 214 Å². The summed E-state index contributed by atoms with van der Waals surface area (Å²) in [6.45, 7) is 1.36. The molecule has 1 saturated carbocycles. The summed E-state index contributed by atoms with van der Waals surface area (Å²) in [4.78, 5) is 31.4. The van der Waals surface area contributed by atoms with Crippen LogP contribution >= 0.6 is 0 Å². The van der Waals surface area contributed by atoms with Crippen LogP contribution in [-0.2, 0) is 9.53 Å². The van der Waals surface area contributed by atoms with Crippen LogP contribution in [0.3, 0.4) is 0 Å². The molecule has 192 valence electrons. The molecule has 0 spiro atoms. The lowest BCUT2D eigenvalue weighted by Crippen LogP contribution is -2.50. The van der Waals surface area contributed by atoms with Crippen LogP contribution in [0.4, 0.5) is 11.4 Å². The average Bonchev–Trinajstić information content (AvgIpc) is 3.35. The summed E-state index contributed by atoms with van der Waals surface area (Å²) in [5.74, 6) is 0.202. The van der Waals surface area contributed by atoms with Crippen molar-refractivity contribution in [3.8, 4) is 0 Å². The minimum atomic E-state index is -0.193. The molecule has 2 aliphatic heterocycles. The van der Waals surface area contributed by atoms with E-state index in [9.17, 15) is 9.59 Å². The highest BCUT2D eigenvalue weighted by molar-refractivity contribution is 5.95. The fourth-order valence-electron chi connectivity index (χ4n) is 6.41. The minimum absolute atomic E-state index is 0.0464. The highest BCUT2D eigenvalue weighted by Crippen LogP contribution is 2.47. The second-order valence-electron chi connectivity index (χ2n) is 10.6. The van der Waals surface area contributed by atoms with Gasteiger partial charge in [0.25, 0.3) is 5.91 Å². The van der Waals surface area contributed by atoms with Crippen LogP contribution in [0.1, 0.15) is 54.1 Å². The monoisotopic (exact) mass is 490 g/mol. The second-order valence-corrected chi connectivity index (χ2v) is 10.6. The van der Waals surface area contributed by atoms with E-state index in [4.69, 9.17) is 4.74 Å². The van der Waals surface area contributed by atoms with Crippen molar-refractivity contribution in [2.45, 2.75) is 50.2 Å². The Morgan fingerprint density at radius 1 is 1.08 bits per heavy atom. The van der Waals surface area contributed by atoms with Crippen LogP contribution in [-0.4, -0.2) is 63.2 Å². The molecule has 3 aliphatic rings. The molecule has 7 heteroatoms. The molecule has 1 aliphatic carbocycles. The zero-order valence-corrected chi connectivity index (χ0v) is 21.6. The van der Waals surface area contributed by atoms with E-state index in [0.717, 1.165) is 50.0 Å². The van der Waals surface area contributed by atoms with E-state index in [1.165, 1.54) is 5.56 Å². The first-order chi connectivity index (χ1) is 17.5. The second kappa shape index (κ2) is 10.5. The van der Waals surface area contributed by atoms with E-state index in [2.05, 4.69) is 33.7 Å². The maximum Gasteiger partial charge on any atom is 0.251 e. The van der Waals surface area contributed by atoms with E-state index < -0.39 is 0 Å². The number of para-hydroxylation sites is 1. The summed E-state index contributed by atoms with van der Waals surface area (Å²) in [6.07, 6.45) is 4.65. The minimum Gasteiger partial charge on any atom is -0.383 e. The van der Waals surface area contributed by atoms with Gasteiger partial charge in [-0.1, -0.05) is 37.1 Å². The van der Waals surface area contributed by atoms with Crippen LogP contribution in [0.2, 0.25) is 0 Å². The molecule has 0 unspecified atom stereocenters. The van der Waals surface area contributed by atoms with Crippen molar-refractivity contribution in [2.75, 3.05) is 44.6 Å². The summed E-state index contributed by atoms with van der Waals surface area (Å²) in [7, 11) is 5.66. The van der Waals surface area contributed by atoms with Crippen molar-refractivity contribution in [1.82, 2.24) is 10.2 Å². The first-order valence-corrected chi connectivity index (χ1v) is 13.2. The summed E-state index contributed by atoms with van der Waals surface area (Å²) >= 11 is 0. The predicted octanol–water partition coefficient (Wildman–Crippen LogP) is 4.07. The molecule has 2 N–H and O–H groups in total. The number of rotatable bonds is 6. The van der Waals surface area contributed by atoms with E-state index in [-0.39, 0.29) is 35.9 Å². The Morgan fingerprint density at radius 2 is 1.89 bits per heavy atom. The third-order valence-electron chi connectivity index (χ3n) is 8.24. The standard InChI is InChI=1S/C29H38N4O3/c1-32(2)20-10-8-9-19(17-20)28(34)31-25-14-7-5-12-23(25)29(35)33-16-15-22-26(18-36-3)30-24-13-6-4-11-21(24)27(22)33/h4,6,8-11,13,17,22-23,25-27,30H,5,7,12,14-16,18H2,1-3H3,(H,31,34)/t22-,23+,25-,26+,27+/m1/s1. The molecule has 0 radical (unpaired) electrons. The molecular formula is C29H38N4O3. The first kappa shape index (κ1) is 24.6. The van der Waals surface area contributed by atoms with Gasteiger partial charge in [0, 0.05) is 56.6 Å². The Kier molecular flexibility index (Phi) is 7.19. The summed E-state index contributed by atoms with van der Waals surface area (Å²) in [6, 6.07) is 16.1.